The van der Waals surface area contributed by atoms with E-state index >= 15 is 0 Å². The van der Waals surface area contributed by atoms with Gasteiger partial charge in [0.05, 0.1) is 5.70 Å². The van der Waals surface area contributed by atoms with E-state index in [4.69, 9.17) is 0 Å². The summed E-state index contributed by atoms with van der Waals surface area (Å²) in [6, 6.07) is 0. The van der Waals surface area contributed by atoms with E-state index in [1.165, 1.54) is 0 Å². The smallest absolute Gasteiger partial charge is 0.142 e. The third-order valence-corrected chi connectivity index (χ3v) is 2.96. The average molecular weight is 242 g/mol. The molecule has 4 heteroatoms. The highest BCUT2D eigenvalue weighted by atomic mass is 32.2. The van der Waals surface area contributed by atoms with Gasteiger partial charge in [0.1, 0.15) is 11.0 Å². The standard InChI is InChI=1S/C12H22N2OS/c1-10(2)8-14(9-11(3)4)12-5-6-16(15)13-7-12/h5-7,10-11,13H,8-9H2,1-4H3. The maximum absolute atomic E-state index is 11.1. The zero-order chi connectivity index (χ0) is 12.1. The molecule has 0 aliphatic carbocycles. The maximum atomic E-state index is 11.1. The van der Waals surface area contributed by atoms with Gasteiger partial charge in [-0.3, -0.25) is 0 Å². The average Bonchev–Trinajstić information content (AvgIpc) is 2.16. The molecule has 0 aromatic carbocycles. The second kappa shape index (κ2) is 6.09. The summed E-state index contributed by atoms with van der Waals surface area (Å²) in [4.78, 5) is 2.34. The summed E-state index contributed by atoms with van der Waals surface area (Å²) in [6.45, 7) is 10.9. The molecule has 1 aliphatic heterocycles. The first-order valence-corrected chi connectivity index (χ1v) is 7.00. The second-order valence-corrected chi connectivity index (χ2v) is 6.08. The van der Waals surface area contributed by atoms with Crippen LogP contribution < -0.4 is 4.72 Å². The van der Waals surface area contributed by atoms with Crippen molar-refractivity contribution in [3.63, 3.8) is 0 Å². The van der Waals surface area contributed by atoms with Crippen LogP contribution in [0.2, 0.25) is 0 Å². The fourth-order valence-corrected chi connectivity index (χ4v) is 2.28. The number of allylic oxidation sites excluding steroid dienone is 1. The van der Waals surface area contributed by atoms with Crippen molar-refractivity contribution in [1.82, 2.24) is 9.62 Å². The minimum absolute atomic E-state index is 0.625. The topological polar surface area (TPSA) is 32.3 Å². The lowest BCUT2D eigenvalue weighted by Crippen LogP contribution is -2.32. The predicted molar refractivity (Wildman–Crippen MR) is 69.8 cm³/mol. The van der Waals surface area contributed by atoms with E-state index in [2.05, 4.69) is 37.3 Å². The highest BCUT2D eigenvalue weighted by Crippen LogP contribution is 2.14. The van der Waals surface area contributed by atoms with Crippen molar-refractivity contribution >= 4 is 11.0 Å². The molecule has 1 aliphatic rings. The van der Waals surface area contributed by atoms with Crippen LogP contribution in [0.15, 0.2) is 23.4 Å². The molecule has 1 N–H and O–H groups in total. The van der Waals surface area contributed by atoms with Crippen LogP contribution in [-0.2, 0) is 11.0 Å². The SMILES string of the molecule is CC(C)CN(CC(C)C)C1=CNS(=O)C=C1. The molecule has 0 amide bonds. The normalized spacial score (nSPS) is 19.9. The molecule has 0 saturated carbocycles. The Morgan fingerprint density at radius 3 is 2.19 bits per heavy atom. The lowest BCUT2D eigenvalue weighted by Gasteiger charge is -2.30. The number of hydrogen-bond donors (Lipinski definition) is 1. The van der Waals surface area contributed by atoms with Gasteiger partial charge in [-0.05, 0) is 17.9 Å². The van der Waals surface area contributed by atoms with Gasteiger partial charge < -0.3 is 9.62 Å². The minimum atomic E-state index is -1.04. The highest BCUT2D eigenvalue weighted by Gasteiger charge is 2.13. The van der Waals surface area contributed by atoms with Gasteiger partial charge in [0.25, 0.3) is 0 Å². The second-order valence-electron chi connectivity index (χ2n) is 4.98. The molecule has 1 heterocycles. The lowest BCUT2D eigenvalue weighted by atomic mass is 10.1. The summed E-state index contributed by atoms with van der Waals surface area (Å²) < 4.78 is 14.0. The van der Waals surface area contributed by atoms with Crippen molar-refractivity contribution in [3.8, 4) is 0 Å². The first-order valence-electron chi connectivity index (χ1n) is 5.79. The Hall–Kier alpha value is -0.770. The Bertz CT molecular complexity index is 298. The van der Waals surface area contributed by atoms with Crippen LogP contribution in [0, 0.1) is 11.8 Å². The van der Waals surface area contributed by atoms with E-state index in [9.17, 15) is 4.21 Å². The van der Waals surface area contributed by atoms with E-state index in [0.717, 1.165) is 18.8 Å². The number of nitrogens with zero attached hydrogens (tertiary/aromatic N) is 1. The monoisotopic (exact) mass is 242 g/mol. The summed E-state index contributed by atoms with van der Waals surface area (Å²) in [5, 5.41) is 1.70. The largest absolute Gasteiger partial charge is 0.370 e. The van der Waals surface area contributed by atoms with E-state index in [-0.39, 0.29) is 0 Å². The van der Waals surface area contributed by atoms with Crippen LogP contribution in [0.25, 0.3) is 0 Å². The van der Waals surface area contributed by atoms with Crippen LogP contribution in [-0.4, -0.2) is 22.2 Å². The van der Waals surface area contributed by atoms with Crippen molar-refractivity contribution in [2.45, 2.75) is 27.7 Å². The van der Waals surface area contributed by atoms with Crippen molar-refractivity contribution in [2.24, 2.45) is 11.8 Å². The molecule has 0 fully saturated rings. The Balaban J connectivity index is 2.68. The van der Waals surface area contributed by atoms with E-state index < -0.39 is 11.0 Å². The molecule has 0 aromatic rings. The van der Waals surface area contributed by atoms with Gasteiger partial charge in [0, 0.05) is 24.7 Å². The molecule has 0 aromatic heterocycles. The molecule has 1 atom stereocenters. The van der Waals surface area contributed by atoms with Gasteiger partial charge in [-0.15, -0.1) is 0 Å². The summed E-state index contributed by atoms with van der Waals surface area (Å²) in [7, 11) is -1.04. The Kier molecular flexibility index (Phi) is 5.06. The van der Waals surface area contributed by atoms with E-state index in [1.54, 1.807) is 5.41 Å². The Morgan fingerprint density at radius 2 is 1.81 bits per heavy atom. The van der Waals surface area contributed by atoms with Crippen LogP contribution >= 0.6 is 0 Å². The molecule has 0 radical (unpaired) electrons. The summed E-state index contributed by atoms with van der Waals surface area (Å²) in [6.07, 6.45) is 3.79. The molecule has 16 heavy (non-hydrogen) atoms. The quantitative estimate of drug-likeness (QED) is 0.802. The molecule has 0 spiro atoms. The van der Waals surface area contributed by atoms with Gasteiger partial charge in [-0.2, -0.15) is 0 Å². The summed E-state index contributed by atoms with van der Waals surface area (Å²) >= 11 is 0. The molecular weight excluding hydrogens is 220 g/mol. The summed E-state index contributed by atoms with van der Waals surface area (Å²) in [5.41, 5.74) is 1.13. The van der Waals surface area contributed by atoms with Gasteiger partial charge in [0.2, 0.25) is 0 Å². The predicted octanol–water partition coefficient (Wildman–Crippen LogP) is 2.22. The first kappa shape index (κ1) is 13.3. The number of rotatable bonds is 5. The molecule has 1 unspecified atom stereocenters. The van der Waals surface area contributed by atoms with Crippen LogP contribution in [0.1, 0.15) is 27.7 Å². The van der Waals surface area contributed by atoms with E-state index in [0.29, 0.717) is 11.8 Å². The molecular formula is C12H22N2OS. The van der Waals surface area contributed by atoms with Gasteiger partial charge in [-0.1, -0.05) is 27.7 Å². The molecule has 0 saturated heterocycles. The first-order chi connectivity index (χ1) is 7.49. The lowest BCUT2D eigenvalue weighted by molar-refractivity contribution is 0.280. The van der Waals surface area contributed by atoms with Crippen molar-refractivity contribution < 1.29 is 4.21 Å². The summed E-state index contributed by atoms with van der Waals surface area (Å²) in [5.74, 6) is 1.25. The molecule has 3 nitrogen and oxygen atoms in total. The zero-order valence-electron chi connectivity index (χ0n) is 10.6. The molecule has 92 valence electrons. The third kappa shape index (κ3) is 4.39. The Morgan fingerprint density at radius 1 is 1.25 bits per heavy atom. The van der Waals surface area contributed by atoms with Crippen LogP contribution in [0.4, 0.5) is 0 Å². The highest BCUT2D eigenvalue weighted by molar-refractivity contribution is 7.86. The number of nitrogens with one attached hydrogen (secondary N) is 1. The van der Waals surface area contributed by atoms with Crippen molar-refractivity contribution in [3.05, 3.63) is 23.4 Å². The molecule has 0 bridgehead atoms. The van der Waals surface area contributed by atoms with Crippen molar-refractivity contribution in [2.75, 3.05) is 13.1 Å². The van der Waals surface area contributed by atoms with Crippen LogP contribution in [0.3, 0.4) is 0 Å². The zero-order valence-corrected chi connectivity index (χ0v) is 11.4. The fraction of sp³-hybridized carbons (Fsp3) is 0.667. The maximum Gasteiger partial charge on any atom is 0.142 e. The van der Waals surface area contributed by atoms with Crippen molar-refractivity contribution in [1.29, 1.82) is 0 Å². The van der Waals surface area contributed by atoms with E-state index in [1.807, 2.05) is 12.3 Å². The minimum Gasteiger partial charge on any atom is -0.370 e. The van der Waals surface area contributed by atoms with Gasteiger partial charge >= 0.3 is 0 Å². The third-order valence-electron chi connectivity index (χ3n) is 2.22. The number of hydrogen-bond acceptors (Lipinski definition) is 2. The van der Waals surface area contributed by atoms with Gasteiger partial charge in [0.15, 0.2) is 0 Å². The van der Waals surface area contributed by atoms with Gasteiger partial charge in [-0.25, -0.2) is 4.21 Å². The van der Waals surface area contributed by atoms with Crippen LogP contribution in [0.5, 0.6) is 0 Å². The molecule has 1 rings (SSSR count). The fourth-order valence-electron chi connectivity index (χ4n) is 1.70. The Labute approximate surface area is 101 Å².